The van der Waals surface area contributed by atoms with Gasteiger partial charge in [-0.25, -0.2) is 4.98 Å². The Bertz CT molecular complexity index is 681. The minimum Gasteiger partial charge on any atom is -0.377 e. The maximum absolute atomic E-state index is 12.2. The van der Waals surface area contributed by atoms with Gasteiger partial charge in [-0.3, -0.25) is 9.69 Å². The van der Waals surface area contributed by atoms with Crippen molar-refractivity contribution in [3.05, 3.63) is 40.4 Å². The van der Waals surface area contributed by atoms with Crippen molar-refractivity contribution in [2.75, 3.05) is 13.2 Å². The van der Waals surface area contributed by atoms with Gasteiger partial charge in [0.1, 0.15) is 5.82 Å². The van der Waals surface area contributed by atoms with E-state index in [1.807, 2.05) is 32.0 Å². The first-order valence-electron chi connectivity index (χ1n) is 8.34. The fourth-order valence-corrected chi connectivity index (χ4v) is 2.52. The molecule has 0 aliphatic heterocycles. The summed E-state index contributed by atoms with van der Waals surface area (Å²) in [5, 5.41) is 0.634. The van der Waals surface area contributed by atoms with Gasteiger partial charge < -0.3 is 9.72 Å². The number of hydrogen-bond acceptors (Lipinski definition) is 4. The third-order valence-corrected chi connectivity index (χ3v) is 4.06. The summed E-state index contributed by atoms with van der Waals surface area (Å²) in [6.45, 7) is 10.6. The van der Waals surface area contributed by atoms with Crippen LogP contribution in [-0.2, 0) is 11.3 Å². The van der Waals surface area contributed by atoms with Crippen LogP contribution >= 0.6 is 0 Å². The van der Waals surface area contributed by atoms with Crippen LogP contribution in [0.4, 0.5) is 0 Å². The van der Waals surface area contributed by atoms with Gasteiger partial charge in [0.05, 0.1) is 30.2 Å². The summed E-state index contributed by atoms with van der Waals surface area (Å²) in [7, 11) is 0. The monoisotopic (exact) mass is 317 g/mol. The van der Waals surface area contributed by atoms with E-state index in [0.717, 1.165) is 18.5 Å². The predicted octanol–water partition coefficient (Wildman–Crippen LogP) is 2.95. The fraction of sp³-hybridized carbons (Fsp3) is 0.556. The molecule has 2 rings (SSSR count). The lowest BCUT2D eigenvalue weighted by Crippen LogP contribution is -2.36. The summed E-state index contributed by atoms with van der Waals surface area (Å²) in [5.74, 6) is 0.707. The molecule has 2 aromatic rings. The van der Waals surface area contributed by atoms with E-state index in [4.69, 9.17) is 4.74 Å². The number of ether oxygens (including phenoxy) is 1. The van der Waals surface area contributed by atoms with Gasteiger partial charge >= 0.3 is 0 Å². The summed E-state index contributed by atoms with van der Waals surface area (Å²) >= 11 is 0. The number of benzene rings is 1. The minimum absolute atomic E-state index is 0.0758. The highest BCUT2D eigenvalue weighted by atomic mass is 16.5. The molecule has 1 N–H and O–H groups in total. The molecule has 0 bridgehead atoms. The van der Waals surface area contributed by atoms with Crippen LogP contribution in [-0.4, -0.2) is 40.2 Å². The lowest BCUT2D eigenvalue weighted by Gasteiger charge is -2.28. The van der Waals surface area contributed by atoms with E-state index in [2.05, 4.69) is 28.7 Å². The van der Waals surface area contributed by atoms with Crippen molar-refractivity contribution in [3.63, 3.8) is 0 Å². The molecule has 5 nitrogen and oxygen atoms in total. The van der Waals surface area contributed by atoms with E-state index in [1.165, 1.54) is 0 Å². The highest BCUT2D eigenvalue weighted by Gasteiger charge is 2.15. The van der Waals surface area contributed by atoms with E-state index in [1.54, 1.807) is 6.07 Å². The second-order valence-corrected chi connectivity index (χ2v) is 6.18. The van der Waals surface area contributed by atoms with Crippen molar-refractivity contribution >= 4 is 10.9 Å². The summed E-state index contributed by atoms with van der Waals surface area (Å²) in [6, 6.07) is 7.84. The second kappa shape index (κ2) is 8.22. The largest absolute Gasteiger partial charge is 0.377 e. The Balaban J connectivity index is 2.16. The number of H-pyrrole nitrogens is 1. The molecule has 23 heavy (non-hydrogen) atoms. The Morgan fingerprint density at radius 2 is 2.00 bits per heavy atom. The highest BCUT2D eigenvalue weighted by Crippen LogP contribution is 2.10. The number of nitrogens with one attached hydrogen (secondary N) is 1. The predicted molar refractivity (Wildman–Crippen MR) is 93.6 cm³/mol. The molecule has 0 saturated heterocycles. The van der Waals surface area contributed by atoms with Gasteiger partial charge in [-0.1, -0.05) is 19.1 Å². The molecule has 1 aromatic carbocycles. The molecular weight excluding hydrogens is 290 g/mol. The standard InChI is InChI=1S/C18H27N3O2/c1-5-14(4)21(10-11-23-13(2)3)12-17-19-16-9-7-6-8-15(16)18(22)20-17/h6-9,13-14H,5,10-12H2,1-4H3,(H,19,20,22). The van der Waals surface area contributed by atoms with Crippen molar-refractivity contribution in [1.82, 2.24) is 14.9 Å². The van der Waals surface area contributed by atoms with Crippen molar-refractivity contribution in [3.8, 4) is 0 Å². The number of aromatic nitrogens is 2. The highest BCUT2D eigenvalue weighted by molar-refractivity contribution is 5.77. The average molecular weight is 317 g/mol. The molecule has 1 heterocycles. The Kier molecular flexibility index (Phi) is 6.30. The maximum Gasteiger partial charge on any atom is 0.258 e. The van der Waals surface area contributed by atoms with Crippen LogP contribution in [0.1, 0.15) is 39.9 Å². The summed E-state index contributed by atoms with van der Waals surface area (Å²) in [5.41, 5.74) is 0.668. The van der Waals surface area contributed by atoms with Gasteiger partial charge in [0.15, 0.2) is 0 Å². The van der Waals surface area contributed by atoms with Crippen LogP contribution in [0.5, 0.6) is 0 Å². The van der Waals surface area contributed by atoms with Crippen LogP contribution in [0.2, 0.25) is 0 Å². The molecular formula is C18H27N3O2. The third kappa shape index (κ3) is 4.88. The van der Waals surface area contributed by atoms with Gasteiger partial charge in [-0.15, -0.1) is 0 Å². The topological polar surface area (TPSA) is 58.2 Å². The zero-order valence-electron chi connectivity index (χ0n) is 14.5. The number of fused-ring (bicyclic) bond motifs is 1. The van der Waals surface area contributed by atoms with Crippen LogP contribution in [0.25, 0.3) is 10.9 Å². The van der Waals surface area contributed by atoms with Gasteiger partial charge in [0.2, 0.25) is 0 Å². The molecule has 1 aromatic heterocycles. The fourth-order valence-electron chi connectivity index (χ4n) is 2.52. The molecule has 5 heteroatoms. The first-order valence-corrected chi connectivity index (χ1v) is 8.34. The van der Waals surface area contributed by atoms with E-state index in [-0.39, 0.29) is 11.7 Å². The van der Waals surface area contributed by atoms with E-state index >= 15 is 0 Å². The summed E-state index contributed by atoms with van der Waals surface area (Å²) in [6.07, 6.45) is 1.27. The van der Waals surface area contributed by atoms with Crippen LogP contribution in [0.3, 0.4) is 0 Å². The Labute approximate surface area is 137 Å². The Morgan fingerprint density at radius 1 is 1.26 bits per heavy atom. The molecule has 0 saturated carbocycles. The number of aromatic amines is 1. The molecule has 0 spiro atoms. The van der Waals surface area contributed by atoms with Crippen LogP contribution in [0, 0.1) is 0 Å². The quantitative estimate of drug-likeness (QED) is 0.813. The Hall–Kier alpha value is -1.72. The molecule has 126 valence electrons. The minimum atomic E-state index is -0.0758. The molecule has 0 amide bonds. The smallest absolute Gasteiger partial charge is 0.258 e. The van der Waals surface area contributed by atoms with Gasteiger partial charge in [0, 0.05) is 12.6 Å². The second-order valence-electron chi connectivity index (χ2n) is 6.18. The van der Waals surface area contributed by atoms with Crippen LogP contribution < -0.4 is 5.56 Å². The van der Waals surface area contributed by atoms with E-state index in [0.29, 0.717) is 30.4 Å². The third-order valence-electron chi connectivity index (χ3n) is 4.06. The number of nitrogens with zero attached hydrogens (tertiary/aromatic N) is 2. The molecule has 0 radical (unpaired) electrons. The molecule has 0 aliphatic rings. The van der Waals surface area contributed by atoms with Gasteiger partial charge in [-0.05, 0) is 39.3 Å². The molecule has 1 atom stereocenters. The van der Waals surface area contributed by atoms with Crippen molar-refractivity contribution < 1.29 is 4.74 Å². The molecule has 1 unspecified atom stereocenters. The lowest BCUT2D eigenvalue weighted by molar-refractivity contribution is 0.0470. The molecule has 0 aliphatic carbocycles. The normalized spacial score (nSPS) is 13.1. The lowest BCUT2D eigenvalue weighted by atomic mass is 10.2. The SMILES string of the molecule is CCC(C)N(CCOC(C)C)Cc1nc2ccccc2c(=O)[nH]1. The van der Waals surface area contributed by atoms with Gasteiger partial charge in [0.25, 0.3) is 5.56 Å². The Morgan fingerprint density at radius 3 is 2.70 bits per heavy atom. The van der Waals surface area contributed by atoms with Crippen molar-refractivity contribution in [2.24, 2.45) is 0 Å². The number of para-hydroxylation sites is 1. The number of hydrogen-bond donors (Lipinski definition) is 1. The average Bonchev–Trinajstić information content (AvgIpc) is 2.53. The zero-order valence-corrected chi connectivity index (χ0v) is 14.5. The first kappa shape index (κ1) is 17.6. The maximum atomic E-state index is 12.2. The first-order chi connectivity index (χ1) is 11.0. The summed E-state index contributed by atoms with van der Waals surface area (Å²) in [4.78, 5) is 22.0. The summed E-state index contributed by atoms with van der Waals surface area (Å²) < 4.78 is 5.66. The van der Waals surface area contributed by atoms with Gasteiger partial charge in [-0.2, -0.15) is 0 Å². The van der Waals surface area contributed by atoms with E-state index in [9.17, 15) is 4.79 Å². The molecule has 0 fully saturated rings. The van der Waals surface area contributed by atoms with Crippen molar-refractivity contribution in [2.45, 2.75) is 52.8 Å². The van der Waals surface area contributed by atoms with Crippen molar-refractivity contribution in [1.29, 1.82) is 0 Å². The number of rotatable bonds is 8. The van der Waals surface area contributed by atoms with Crippen LogP contribution in [0.15, 0.2) is 29.1 Å². The zero-order chi connectivity index (χ0) is 16.8. The van der Waals surface area contributed by atoms with E-state index < -0.39 is 0 Å².